The van der Waals surface area contributed by atoms with Gasteiger partial charge in [0.05, 0.1) is 24.5 Å². The van der Waals surface area contributed by atoms with Crippen LogP contribution in [0.5, 0.6) is 11.5 Å². The molecule has 1 N–H and O–H groups in total. The number of rotatable bonds is 7. The fourth-order valence-electron chi connectivity index (χ4n) is 2.49. The van der Waals surface area contributed by atoms with Crippen LogP contribution in [0.3, 0.4) is 0 Å². The first-order chi connectivity index (χ1) is 13.0. The van der Waals surface area contributed by atoms with Gasteiger partial charge in [0.15, 0.2) is 11.5 Å². The van der Waals surface area contributed by atoms with E-state index in [2.05, 4.69) is 4.72 Å². The van der Waals surface area contributed by atoms with Crippen LogP contribution in [0.2, 0.25) is 0 Å². The van der Waals surface area contributed by atoms with Gasteiger partial charge in [0, 0.05) is 19.0 Å². The van der Waals surface area contributed by atoms with Crippen molar-refractivity contribution in [2.75, 3.05) is 19.8 Å². The molecule has 0 radical (unpaired) electrons. The third-order valence-electron chi connectivity index (χ3n) is 3.89. The Morgan fingerprint density at radius 1 is 1.04 bits per heavy atom. The summed E-state index contributed by atoms with van der Waals surface area (Å²) >= 11 is 0. The first-order valence-electron chi connectivity index (χ1n) is 8.63. The Kier molecular flexibility index (Phi) is 6.31. The van der Waals surface area contributed by atoms with E-state index in [9.17, 15) is 13.2 Å². The van der Waals surface area contributed by atoms with Crippen LogP contribution < -0.4 is 14.2 Å². The summed E-state index contributed by atoms with van der Waals surface area (Å²) in [6.07, 6.45) is 0.677. The summed E-state index contributed by atoms with van der Waals surface area (Å²) in [7, 11) is -3.76. The Balaban J connectivity index is 1.51. The molecule has 0 atom stereocenters. The summed E-state index contributed by atoms with van der Waals surface area (Å²) in [5.41, 5.74) is 0.874. The van der Waals surface area contributed by atoms with Crippen LogP contribution in [0.15, 0.2) is 53.4 Å². The number of hydrogen-bond donors (Lipinski definition) is 1. The predicted octanol–water partition coefficient (Wildman–Crippen LogP) is 2.26. The van der Waals surface area contributed by atoms with Gasteiger partial charge >= 0.3 is 5.97 Å². The minimum atomic E-state index is -3.76. The number of nitrogens with one attached hydrogen (secondary N) is 1. The molecule has 0 aromatic heterocycles. The van der Waals surface area contributed by atoms with Crippen LogP contribution in [-0.2, 0) is 26.2 Å². The molecule has 8 heteroatoms. The van der Waals surface area contributed by atoms with Crippen molar-refractivity contribution in [1.29, 1.82) is 0 Å². The van der Waals surface area contributed by atoms with E-state index < -0.39 is 16.0 Å². The van der Waals surface area contributed by atoms with Crippen LogP contribution in [0.4, 0.5) is 0 Å². The van der Waals surface area contributed by atoms with Crippen molar-refractivity contribution in [2.45, 2.75) is 24.3 Å². The first kappa shape index (κ1) is 19.2. The van der Waals surface area contributed by atoms with E-state index in [0.29, 0.717) is 24.7 Å². The SMILES string of the molecule is O=C(CCNS(=O)(=O)c1ccc2c(c1)OCCCO2)OCc1ccccc1. The van der Waals surface area contributed by atoms with Crippen LogP contribution in [0.25, 0.3) is 0 Å². The summed E-state index contributed by atoms with van der Waals surface area (Å²) in [5, 5.41) is 0. The van der Waals surface area contributed by atoms with Crippen molar-refractivity contribution >= 4 is 16.0 Å². The maximum Gasteiger partial charge on any atom is 0.307 e. The number of esters is 1. The van der Waals surface area contributed by atoms with E-state index in [0.717, 1.165) is 12.0 Å². The van der Waals surface area contributed by atoms with Gasteiger partial charge in [-0.1, -0.05) is 30.3 Å². The average Bonchev–Trinajstić information content (AvgIpc) is 2.92. The second-order valence-electron chi connectivity index (χ2n) is 5.95. The van der Waals surface area contributed by atoms with Crippen LogP contribution in [0.1, 0.15) is 18.4 Å². The Labute approximate surface area is 158 Å². The molecule has 2 aromatic carbocycles. The molecule has 0 fully saturated rings. The smallest absolute Gasteiger partial charge is 0.307 e. The number of benzene rings is 2. The van der Waals surface area contributed by atoms with Gasteiger partial charge in [0.1, 0.15) is 6.61 Å². The second kappa shape index (κ2) is 8.88. The van der Waals surface area contributed by atoms with Crippen molar-refractivity contribution in [3.05, 3.63) is 54.1 Å². The molecule has 1 heterocycles. The van der Waals surface area contributed by atoms with E-state index in [1.165, 1.54) is 12.1 Å². The van der Waals surface area contributed by atoms with Crippen LogP contribution in [-0.4, -0.2) is 34.1 Å². The lowest BCUT2D eigenvalue weighted by molar-refractivity contribution is -0.144. The summed E-state index contributed by atoms with van der Waals surface area (Å²) in [5.74, 6) is 0.453. The molecule has 1 aliphatic rings. The van der Waals surface area contributed by atoms with Crippen LogP contribution in [0, 0.1) is 0 Å². The highest BCUT2D eigenvalue weighted by atomic mass is 32.2. The molecule has 0 amide bonds. The molecule has 0 bridgehead atoms. The molecule has 0 spiro atoms. The van der Waals surface area contributed by atoms with E-state index >= 15 is 0 Å². The van der Waals surface area contributed by atoms with Gasteiger partial charge in [-0.2, -0.15) is 0 Å². The van der Waals surface area contributed by atoms with Crippen molar-refractivity contribution < 1.29 is 27.4 Å². The van der Waals surface area contributed by atoms with Gasteiger partial charge in [-0.3, -0.25) is 4.79 Å². The third-order valence-corrected chi connectivity index (χ3v) is 5.35. The molecule has 0 aliphatic carbocycles. The fourth-order valence-corrected chi connectivity index (χ4v) is 3.54. The molecule has 0 unspecified atom stereocenters. The average molecular weight is 391 g/mol. The number of fused-ring (bicyclic) bond motifs is 1. The standard InChI is InChI=1S/C19H21NO6S/c21-19(26-14-15-5-2-1-3-6-15)9-10-20-27(22,23)16-7-8-17-18(13-16)25-12-4-11-24-17/h1-3,5-8,13,20H,4,9-12,14H2. The van der Waals surface area contributed by atoms with Gasteiger partial charge in [0.2, 0.25) is 10.0 Å². The van der Waals surface area contributed by atoms with Crippen molar-refractivity contribution in [2.24, 2.45) is 0 Å². The maximum atomic E-state index is 12.4. The molecule has 7 nitrogen and oxygen atoms in total. The largest absolute Gasteiger partial charge is 0.490 e. The molecule has 3 rings (SSSR count). The third kappa shape index (κ3) is 5.45. The quantitative estimate of drug-likeness (QED) is 0.728. The summed E-state index contributed by atoms with van der Waals surface area (Å²) in [4.78, 5) is 11.8. The zero-order valence-electron chi connectivity index (χ0n) is 14.7. The molecule has 27 heavy (non-hydrogen) atoms. The van der Waals surface area contributed by atoms with Gasteiger partial charge in [-0.15, -0.1) is 0 Å². The topological polar surface area (TPSA) is 90.9 Å². The van der Waals surface area contributed by atoms with E-state index in [4.69, 9.17) is 14.2 Å². The lowest BCUT2D eigenvalue weighted by Crippen LogP contribution is -2.26. The Bertz CT molecular complexity index is 882. The van der Waals surface area contributed by atoms with Gasteiger partial charge in [0.25, 0.3) is 0 Å². The molecule has 144 valence electrons. The molecule has 0 saturated carbocycles. The molecule has 1 aliphatic heterocycles. The summed E-state index contributed by atoms with van der Waals surface area (Å²) in [6.45, 7) is 1.11. The van der Waals surface area contributed by atoms with E-state index in [-0.39, 0.29) is 24.5 Å². The van der Waals surface area contributed by atoms with Crippen LogP contribution >= 0.6 is 0 Å². The summed E-state index contributed by atoms with van der Waals surface area (Å²) < 4.78 is 43.3. The predicted molar refractivity (Wildman–Crippen MR) is 98.1 cm³/mol. The normalized spacial score (nSPS) is 13.6. The highest BCUT2D eigenvalue weighted by Gasteiger charge is 2.19. The zero-order chi connectivity index (χ0) is 19.1. The molecule has 2 aromatic rings. The lowest BCUT2D eigenvalue weighted by atomic mass is 10.2. The fraction of sp³-hybridized carbons (Fsp3) is 0.316. The maximum absolute atomic E-state index is 12.4. The molecule has 0 saturated heterocycles. The molecular weight excluding hydrogens is 370 g/mol. The van der Waals surface area contributed by atoms with Gasteiger partial charge < -0.3 is 14.2 Å². The Morgan fingerprint density at radius 3 is 2.56 bits per heavy atom. The highest BCUT2D eigenvalue weighted by molar-refractivity contribution is 7.89. The van der Waals surface area contributed by atoms with Gasteiger partial charge in [-0.05, 0) is 17.7 Å². The van der Waals surface area contributed by atoms with Gasteiger partial charge in [-0.25, -0.2) is 13.1 Å². The number of sulfonamides is 1. The number of carbonyl (C=O) groups excluding carboxylic acids is 1. The highest BCUT2D eigenvalue weighted by Crippen LogP contribution is 2.31. The van der Waals surface area contributed by atoms with Crippen molar-refractivity contribution in [3.63, 3.8) is 0 Å². The van der Waals surface area contributed by atoms with E-state index in [1.54, 1.807) is 6.07 Å². The second-order valence-corrected chi connectivity index (χ2v) is 7.72. The molecular formula is C19H21NO6S. The van der Waals surface area contributed by atoms with Crippen molar-refractivity contribution in [3.8, 4) is 11.5 Å². The number of carbonyl (C=O) groups is 1. The van der Waals surface area contributed by atoms with E-state index in [1.807, 2.05) is 30.3 Å². The monoisotopic (exact) mass is 391 g/mol. The first-order valence-corrected chi connectivity index (χ1v) is 10.1. The minimum Gasteiger partial charge on any atom is -0.490 e. The minimum absolute atomic E-state index is 0.0512. The number of ether oxygens (including phenoxy) is 3. The lowest BCUT2D eigenvalue weighted by Gasteiger charge is -2.11. The Morgan fingerprint density at radius 2 is 1.78 bits per heavy atom. The zero-order valence-corrected chi connectivity index (χ0v) is 15.5. The summed E-state index contributed by atoms with van der Waals surface area (Å²) in [6, 6.07) is 13.7. The van der Waals surface area contributed by atoms with Crippen molar-refractivity contribution in [1.82, 2.24) is 4.72 Å². The number of hydrogen-bond acceptors (Lipinski definition) is 6. The Hall–Kier alpha value is -2.58.